The van der Waals surface area contributed by atoms with Crippen LogP contribution in [0.2, 0.25) is 0 Å². The van der Waals surface area contributed by atoms with Crippen LogP contribution in [0.15, 0.2) is 218 Å². The van der Waals surface area contributed by atoms with Crippen LogP contribution in [-0.2, 0) is 0 Å². The number of rotatable bonds is 14. The Morgan fingerprint density at radius 1 is 0.373 bits per heavy atom. The van der Waals surface area contributed by atoms with Crippen molar-refractivity contribution in [1.82, 2.24) is 15.0 Å². The second kappa shape index (κ2) is 19.7. The van der Waals surface area contributed by atoms with Gasteiger partial charge >= 0.3 is 5.97 Å². The Morgan fingerprint density at radius 2 is 0.716 bits per heavy atom. The van der Waals surface area contributed by atoms with Crippen molar-refractivity contribution in [3.05, 3.63) is 245 Å². The number of hydrogen-bond donors (Lipinski definition) is 1. The van der Waals surface area contributed by atoms with Gasteiger partial charge in [-0.25, -0.2) is 19.7 Å². The van der Waals surface area contributed by atoms with E-state index in [0.717, 1.165) is 64.8 Å². The van der Waals surface area contributed by atoms with Crippen LogP contribution in [0, 0.1) is 0 Å². The highest BCUT2D eigenvalue weighted by molar-refractivity contribution is 7.16. The number of para-hydroxylation sites is 4. The molecule has 0 atom stereocenters. The number of benzene rings is 7. The third-order valence-corrected chi connectivity index (χ3v) is 13.1. The monoisotopic (exact) mass is 903 g/mol. The second-order valence-electron chi connectivity index (χ2n) is 15.5. The van der Waals surface area contributed by atoms with Crippen LogP contribution < -0.4 is 9.80 Å². The van der Waals surface area contributed by atoms with Gasteiger partial charge in [0.1, 0.15) is 0 Å². The summed E-state index contributed by atoms with van der Waals surface area (Å²) in [7, 11) is 0. The molecule has 7 nitrogen and oxygen atoms in total. The summed E-state index contributed by atoms with van der Waals surface area (Å²) in [5.74, 6) is 0.567. The number of nitrogens with zero attached hydrogens (tertiary/aromatic N) is 5. The van der Waals surface area contributed by atoms with Crippen molar-refractivity contribution in [3.63, 3.8) is 0 Å². The Labute approximate surface area is 397 Å². The predicted molar refractivity (Wildman–Crippen MR) is 279 cm³/mol. The first-order valence-electron chi connectivity index (χ1n) is 21.7. The van der Waals surface area contributed by atoms with Crippen molar-refractivity contribution in [2.24, 2.45) is 0 Å². The Bertz CT molecular complexity index is 3030. The lowest BCUT2D eigenvalue weighted by molar-refractivity contribution is 0.0697. The summed E-state index contributed by atoms with van der Waals surface area (Å²) in [6.45, 7) is 0. The topological polar surface area (TPSA) is 82.4 Å². The van der Waals surface area contributed by atoms with Crippen LogP contribution in [0.3, 0.4) is 0 Å². The normalized spacial score (nSPS) is 11.3. The van der Waals surface area contributed by atoms with Crippen molar-refractivity contribution in [2.75, 3.05) is 9.80 Å². The molecular weight excluding hydrogens is 863 g/mol. The molecule has 322 valence electrons. The SMILES string of the molecule is O=C(O)c1ccc(-c2nc(-c3ccc(/C=C/c4ccc(N(c5ccccc5)c5ccccc5)cc4)s3)nc(-c3ccc(/C=C/c4ccc(N(c5ccccc5)c5ccccc5)cc4)s3)n2)cc1. The molecule has 3 heterocycles. The van der Waals surface area contributed by atoms with Crippen LogP contribution in [0.4, 0.5) is 34.1 Å². The van der Waals surface area contributed by atoms with Crippen LogP contribution in [0.25, 0.3) is 57.1 Å². The minimum atomic E-state index is -0.989. The number of aromatic carboxylic acids is 1. The molecule has 0 spiro atoms. The Balaban J connectivity index is 0.896. The van der Waals surface area contributed by atoms with Gasteiger partial charge < -0.3 is 14.9 Å². The van der Waals surface area contributed by atoms with E-state index >= 15 is 0 Å². The minimum absolute atomic E-state index is 0.196. The Kier molecular flexibility index (Phi) is 12.5. The van der Waals surface area contributed by atoms with Gasteiger partial charge in [-0.15, -0.1) is 22.7 Å². The first-order chi connectivity index (χ1) is 33.0. The van der Waals surface area contributed by atoms with Gasteiger partial charge in [-0.05, 0) is 132 Å². The van der Waals surface area contributed by atoms with Crippen molar-refractivity contribution in [2.45, 2.75) is 0 Å². The average molecular weight is 904 g/mol. The molecule has 3 aromatic heterocycles. The summed E-state index contributed by atoms with van der Waals surface area (Å²) in [4.78, 5) is 34.9. The molecule has 0 saturated heterocycles. The molecule has 0 fully saturated rings. The molecule has 1 N–H and O–H groups in total. The Morgan fingerprint density at radius 3 is 1.07 bits per heavy atom. The largest absolute Gasteiger partial charge is 0.478 e. The summed E-state index contributed by atoms with van der Waals surface area (Å²) in [5.41, 5.74) is 9.56. The maximum Gasteiger partial charge on any atom is 0.335 e. The van der Waals surface area contributed by atoms with Gasteiger partial charge in [0, 0.05) is 49.4 Å². The molecule has 10 aromatic rings. The van der Waals surface area contributed by atoms with E-state index in [1.54, 1.807) is 46.9 Å². The summed E-state index contributed by atoms with van der Waals surface area (Å²) < 4.78 is 0. The second-order valence-corrected chi connectivity index (χ2v) is 17.7. The predicted octanol–water partition coefficient (Wildman–Crippen LogP) is 16.0. The quantitative estimate of drug-likeness (QED) is 0.116. The van der Waals surface area contributed by atoms with E-state index in [1.807, 2.05) is 36.4 Å². The lowest BCUT2D eigenvalue weighted by Gasteiger charge is -2.25. The smallest absolute Gasteiger partial charge is 0.335 e. The number of anilines is 6. The third kappa shape index (κ3) is 9.94. The lowest BCUT2D eigenvalue weighted by Crippen LogP contribution is -2.09. The standard InChI is InChI=1S/C58H41N5O2S2/c64-58(65)44-29-27-43(28-30-44)55-59-56(53-39-37-51(66-53)35-25-41-21-31-49(32-22-41)62(45-13-5-1-6-14-45)46-15-7-2-8-16-46)61-57(60-55)54-40-38-52(67-54)36-26-42-23-33-50(34-24-42)63(47-17-9-3-10-18-47)48-19-11-4-12-20-48/h1-40H,(H,64,65)/b35-25+,36-26+. The van der Waals surface area contributed by atoms with E-state index in [1.165, 1.54) is 0 Å². The first kappa shape index (κ1) is 42.5. The van der Waals surface area contributed by atoms with Crippen molar-refractivity contribution < 1.29 is 9.90 Å². The highest BCUT2D eigenvalue weighted by Crippen LogP contribution is 2.37. The van der Waals surface area contributed by atoms with E-state index in [2.05, 4.69) is 192 Å². The fraction of sp³-hybridized carbons (Fsp3) is 0. The van der Waals surface area contributed by atoms with E-state index in [-0.39, 0.29) is 5.56 Å². The average Bonchev–Trinajstić information content (AvgIpc) is 4.08. The van der Waals surface area contributed by atoms with Crippen molar-refractivity contribution >= 4 is 87.1 Å². The van der Waals surface area contributed by atoms with Crippen molar-refractivity contribution in [3.8, 4) is 32.8 Å². The number of thiophene rings is 2. The lowest BCUT2D eigenvalue weighted by atomic mass is 10.1. The molecule has 0 radical (unpaired) electrons. The summed E-state index contributed by atoms with van der Waals surface area (Å²) in [6, 6.07) is 73.5. The van der Waals surface area contributed by atoms with Crippen LogP contribution in [0.1, 0.15) is 31.2 Å². The molecule has 9 heteroatoms. The number of hydrogen-bond acceptors (Lipinski definition) is 8. The van der Waals surface area contributed by atoms with Gasteiger partial charge in [-0.1, -0.05) is 121 Å². The van der Waals surface area contributed by atoms with Gasteiger partial charge in [0.2, 0.25) is 0 Å². The molecule has 7 aromatic carbocycles. The number of carbonyl (C=O) groups is 1. The summed E-state index contributed by atoms with van der Waals surface area (Å²) in [6.07, 6.45) is 8.44. The van der Waals surface area contributed by atoms with E-state index in [0.29, 0.717) is 23.0 Å². The number of carboxylic acid groups (broad SMARTS) is 1. The molecule has 67 heavy (non-hydrogen) atoms. The zero-order valence-electron chi connectivity index (χ0n) is 36.0. The highest BCUT2D eigenvalue weighted by atomic mass is 32.1. The maximum absolute atomic E-state index is 11.7. The van der Waals surface area contributed by atoms with Gasteiger partial charge in [-0.2, -0.15) is 0 Å². The van der Waals surface area contributed by atoms with Gasteiger partial charge in [0.15, 0.2) is 17.5 Å². The fourth-order valence-electron chi connectivity index (χ4n) is 7.64. The molecule has 0 bridgehead atoms. The van der Waals surface area contributed by atoms with E-state index in [9.17, 15) is 9.90 Å². The summed E-state index contributed by atoms with van der Waals surface area (Å²) in [5, 5.41) is 9.56. The first-order valence-corrected chi connectivity index (χ1v) is 23.3. The van der Waals surface area contributed by atoms with Crippen LogP contribution in [0.5, 0.6) is 0 Å². The van der Waals surface area contributed by atoms with Crippen LogP contribution in [-0.4, -0.2) is 26.0 Å². The van der Waals surface area contributed by atoms with E-state index < -0.39 is 5.97 Å². The number of aromatic nitrogens is 3. The van der Waals surface area contributed by atoms with Crippen molar-refractivity contribution in [1.29, 1.82) is 0 Å². The fourth-order valence-corrected chi connectivity index (χ4v) is 9.33. The maximum atomic E-state index is 11.7. The summed E-state index contributed by atoms with van der Waals surface area (Å²) >= 11 is 3.19. The molecule has 0 unspecified atom stereocenters. The molecule has 0 saturated carbocycles. The molecule has 0 aliphatic carbocycles. The third-order valence-electron chi connectivity index (χ3n) is 11.0. The highest BCUT2D eigenvalue weighted by Gasteiger charge is 2.17. The molecule has 10 rings (SSSR count). The zero-order chi connectivity index (χ0) is 45.4. The molecule has 0 aliphatic rings. The van der Waals surface area contributed by atoms with E-state index in [4.69, 9.17) is 15.0 Å². The minimum Gasteiger partial charge on any atom is -0.478 e. The van der Waals surface area contributed by atoms with Crippen LogP contribution >= 0.6 is 22.7 Å². The molecule has 0 amide bonds. The van der Waals surface area contributed by atoms with Gasteiger partial charge in [0.05, 0.1) is 15.3 Å². The Hall–Kier alpha value is -8.50. The molecule has 0 aliphatic heterocycles. The van der Waals surface area contributed by atoms with Gasteiger partial charge in [0.25, 0.3) is 0 Å². The zero-order valence-corrected chi connectivity index (χ0v) is 37.6. The number of carboxylic acids is 1. The van der Waals surface area contributed by atoms with Gasteiger partial charge in [-0.3, -0.25) is 0 Å². The molecular formula is C58H41N5O2S2.